The lowest BCUT2D eigenvalue weighted by Gasteiger charge is -2.40. The molecule has 1 aliphatic carbocycles. The molecule has 1 heterocycles. The van der Waals surface area contributed by atoms with Gasteiger partial charge in [0.1, 0.15) is 0 Å². The van der Waals surface area contributed by atoms with Gasteiger partial charge in [-0.15, -0.1) is 0 Å². The van der Waals surface area contributed by atoms with Gasteiger partial charge >= 0.3 is 0 Å². The number of carbonyl (C=O) groups is 2. The molecule has 1 aromatic carbocycles. The van der Waals surface area contributed by atoms with Crippen molar-refractivity contribution in [2.75, 3.05) is 26.0 Å². The zero-order chi connectivity index (χ0) is 21.3. The molecule has 1 aromatic rings. The summed E-state index contributed by atoms with van der Waals surface area (Å²) < 4.78 is 25.7. The van der Waals surface area contributed by atoms with Gasteiger partial charge < -0.3 is 10.2 Å². The van der Waals surface area contributed by atoms with Crippen molar-refractivity contribution in [1.82, 2.24) is 9.21 Å². The third-order valence-electron chi connectivity index (χ3n) is 6.47. The highest BCUT2D eigenvalue weighted by Crippen LogP contribution is 2.36. The van der Waals surface area contributed by atoms with Gasteiger partial charge in [-0.2, -0.15) is 0 Å². The van der Waals surface area contributed by atoms with E-state index in [1.54, 1.807) is 12.1 Å². The van der Waals surface area contributed by atoms with Gasteiger partial charge in [0.05, 0.1) is 10.8 Å². The normalized spacial score (nSPS) is 28.0. The number of likely N-dealkylation sites (tertiary alicyclic amines) is 1. The highest BCUT2D eigenvalue weighted by atomic mass is 32.2. The summed E-state index contributed by atoms with van der Waals surface area (Å²) >= 11 is 0. The Hall–Kier alpha value is -1.93. The largest absolute Gasteiger partial charge is 0.339 e. The number of hydrogen-bond donors (Lipinski definition) is 1. The summed E-state index contributed by atoms with van der Waals surface area (Å²) in [5.74, 6) is 0.399. The minimum Gasteiger partial charge on any atom is -0.339 e. The van der Waals surface area contributed by atoms with Crippen LogP contribution in [-0.4, -0.2) is 56.1 Å². The third-order valence-corrected chi connectivity index (χ3v) is 8.28. The van der Waals surface area contributed by atoms with Crippen LogP contribution in [0.25, 0.3) is 0 Å². The summed E-state index contributed by atoms with van der Waals surface area (Å²) in [4.78, 5) is 27.4. The van der Waals surface area contributed by atoms with Crippen LogP contribution < -0.4 is 5.32 Å². The number of carbonyl (C=O) groups excluding carboxylic acids is 2. The lowest BCUT2D eigenvalue weighted by molar-refractivity contribution is -0.131. The van der Waals surface area contributed by atoms with Crippen LogP contribution in [0.15, 0.2) is 29.2 Å². The summed E-state index contributed by atoms with van der Waals surface area (Å²) in [5.41, 5.74) is 0.420. The Morgan fingerprint density at radius 2 is 1.93 bits per heavy atom. The quantitative estimate of drug-likeness (QED) is 0.792. The number of sulfonamides is 1. The molecular weight excluding hydrogens is 390 g/mol. The molecule has 8 heteroatoms. The SMILES string of the molecule is CC1CCCC(N2CC(C(=O)Nc3cccc(S(=O)(=O)N(C)C)c3)CC2=O)C1C. The van der Waals surface area contributed by atoms with Crippen molar-refractivity contribution >= 4 is 27.5 Å². The number of anilines is 1. The van der Waals surface area contributed by atoms with Crippen LogP contribution in [0, 0.1) is 17.8 Å². The highest BCUT2D eigenvalue weighted by Gasteiger charge is 2.41. The standard InChI is InChI=1S/C21H31N3O4S/c1-14-7-5-10-19(15(14)2)24-13-16(11-20(24)25)21(26)22-17-8-6-9-18(12-17)29(27,28)23(3)4/h6,8-9,12,14-16,19H,5,7,10-11,13H2,1-4H3,(H,22,26). The van der Waals surface area contributed by atoms with Crippen molar-refractivity contribution in [3.05, 3.63) is 24.3 Å². The average molecular weight is 422 g/mol. The minimum absolute atomic E-state index is 0.0417. The molecule has 2 amide bonds. The van der Waals surface area contributed by atoms with Crippen LogP contribution in [0.1, 0.15) is 39.5 Å². The Morgan fingerprint density at radius 3 is 2.62 bits per heavy atom. The molecule has 0 radical (unpaired) electrons. The molecule has 1 saturated carbocycles. The Labute approximate surface area is 173 Å². The first kappa shape index (κ1) is 21.8. The van der Waals surface area contributed by atoms with Crippen LogP contribution in [0.4, 0.5) is 5.69 Å². The number of benzene rings is 1. The van der Waals surface area contributed by atoms with Gasteiger partial charge in [-0.05, 0) is 36.5 Å². The lowest BCUT2D eigenvalue weighted by atomic mass is 9.77. The Balaban J connectivity index is 1.69. The first-order valence-electron chi connectivity index (χ1n) is 10.2. The second-order valence-corrected chi connectivity index (χ2v) is 10.7. The number of rotatable bonds is 5. The summed E-state index contributed by atoms with van der Waals surface area (Å²) in [7, 11) is -0.649. The number of nitrogens with one attached hydrogen (secondary N) is 1. The fourth-order valence-electron chi connectivity index (χ4n) is 4.41. The van der Waals surface area contributed by atoms with Crippen LogP contribution >= 0.6 is 0 Å². The van der Waals surface area contributed by atoms with E-state index in [1.165, 1.54) is 32.6 Å². The van der Waals surface area contributed by atoms with Gasteiger partial charge in [-0.25, -0.2) is 12.7 Å². The maximum Gasteiger partial charge on any atom is 0.242 e. The smallest absolute Gasteiger partial charge is 0.242 e. The highest BCUT2D eigenvalue weighted by molar-refractivity contribution is 7.89. The van der Waals surface area contributed by atoms with Gasteiger partial charge in [0.2, 0.25) is 21.8 Å². The molecule has 4 unspecified atom stereocenters. The fourth-order valence-corrected chi connectivity index (χ4v) is 5.36. The number of hydrogen-bond acceptors (Lipinski definition) is 4. The molecule has 0 aromatic heterocycles. The molecule has 1 N–H and O–H groups in total. The zero-order valence-electron chi connectivity index (χ0n) is 17.6. The van der Waals surface area contributed by atoms with E-state index in [9.17, 15) is 18.0 Å². The van der Waals surface area contributed by atoms with Gasteiger partial charge in [0, 0.05) is 38.8 Å². The predicted octanol–water partition coefficient (Wildman–Crippen LogP) is 2.55. The third kappa shape index (κ3) is 4.48. The topological polar surface area (TPSA) is 86.8 Å². The fraction of sp³-hybridized carbons (Fsp3) is 0.619. The lowest BCUT2D eigenvalue weighted by Crippen LogP contribution is -2.45. The van der Waals surface area contributed by atoms with Crippen LogP contribution in [0.5, 0.6) is 0 Å². The molecule has 160 valence electrons. The average Bonchev–Trinajstić information content (AvgIpc) is 3.06. The number of nitrogens with zero attached hydrogens (tertiary/aromatic N) is 2. The van der Waals surface area contributed by atoms with E-state index >= 15 is 0 Å². The minimum atomic E-state index is -3.58. The van der Waals surface area contributed by atoms with E-state index in [-0.39, 0.29) is 29.2 Å². The molecule has 1 aliphatic heterocycles. The molecule has 4 atom stereocenters. The van der Waals surface area contributed by atoms with Gasteiger partial charge in [-0.1, -0.05) is 32.8 Å². The van der Waals surface area contributed by atoms with Crippen molar-refractivity contribution in [2.45, 2.75) is 50.5 Å². The van der Waals surface area contributed by atoms with Gasteiger partial charge in [0.15, 0.2) is 0 Å². The molecular formula is C21H31N3O4S. The molecule has 2 aliphatic rings. The van der Waals surface area contributed by atoms with Crippen LogP contribution in [0.2, 0.25) is 0 Å². The summed E-state index contributed by atoms with van der Waals surface area (Å²) in [6, 6.07) is 6.41. The molecule has 7 nitrogen and oxygen atoms in total. The van der Waals surface area contributed by atoms with Crippen molar-refractivity contribution < 1.29 is 18.0 Å². The van der Waals surface area contributed by atoms with Crippen molar-refractivity contribution in [1.29, 1.82) is 0 Å². The summed E-state index contributed by atoms with van der Waals surface area (Å²) in [6.45, 7) is 4.87. The Kier molecular flexibility index (Phi) is 6.33. The van der Waals surface area contributed by atoms with Crippen molar-refractivity contribution in [2.24, 2.45) is 17.8 Å². The van der Waals surface area contributed by atoms with Gasteiger partial charge in [-0.3, -0.25) is 9.59 Å². The second-order valence-electron chi connectivity index (χ2n) is 8.59. The Morgan fingerprint density at radius 1 is 1.21 bits per heavy atom. The predicted molar refractivity (Wildman–Crippen MR) is 112 cm³/mol. The van der Waals surface area contributed by atoms with Gasteiger partial charge in [0.25, 0.3) is 0 Å². The van der Waals surface area contributed by atoms with E-state index in [2.05, 4.69) is 19.2 Å². The summed E-state index contributed by atoms with van der Waals surface area (Å²) in [6.07, 6.45) is 3.51. The van der Waals surface area contributed by atoms with Crippen LogP contribution in [0.3, 0.4) is 0 Å². The van der Waals surface area contributed by atoms with E-state index in [4.69, 9.17) is 0 Å². The monoisotopic (exact) mass is 421 g/mol. The van der Waals surface area contributed by atoms with E-state index in [0.717, 1.165) is 17.1 Å². The van der Waals surface area contributed by atoms with E-state index < -0.39 is 15.9 Å². The van der Waals surface area contributed by atoms with E-state index in [1.807, 2.05) is 4.90 Å². The molecule has 1 saturated heterocycles. The molecule has 0 spiro atoms. The molecule has 0 bridgehead atoms. The summed E-state index contributed by atoms with van der Waals surface area (Å²) in [5, 5.41) is 2.80. The first-order chi connectivity index (χ1) is 13.6. The molecule has 2 fully saturated rings. The Bertz CT molecular complexity index is 884. The molecule has 29 heavy (non-hydrogen) atoms. The van der Waals surface area contributed by atoms with E-state index in [0.29, 0.717) is 24.1 Å². The maximum absolute atomic E-state index is 12.8. The number of amides is 2. The second kappa shape index (κ2) is 8.44. The zero-order valence-corrected chi connectivity index (χ0v) is 18.4. The first-order valence-corrected chi connectivity index (χ1v) is 11.7. The van der Waals surface area contributed by atoms with Crippen molar-refractivity contribution in [3.8, 4) is 0 Å². The van der Waals surface area contributed by atoms with Crippen molar-refractivity contribution in [3.63, 3.8) is 0 Å². The molecule has 3 rings (SSSR count). The maximum atomic E-state index is 12.8. The van der Waals surface area contributed by atoms with Crippen LogP contribution in [-0.2, 0) is 19.6 Å².